The summed E-state index contributed by atoms with van der Waals surface area (Å²) in [6, 6.07) is 7.16. The molecule has 0 saturated heterocycles. The summed E-state index contributed by atoms with van der Waals surface area (Å²) < 4.78 is 12.5. The van der Waals surface area contributed by atoms with E-state index in [0.29, 0.717) is 12.0 Å². The first-order chi connectivity index (χ1) is 6.25. The Morgan fingerprint density at radius 1 is 1.31 bits per heavy atom. The molecule has 2 unspecified atom stereocenters. The van der Waals surface area contributed by atoms with Gasteiger partial charge < -0.3 is 5.73 Å². The summed E-state index contributed by atoms with van der Waals surface area (Å²) >= 11 is 0. The van der Waals surface area contributed by atoms with Gasteiger partial charge in [-0.1, -0.05) is 12.1 Å². The number of hydrogen-bond donors (Lipinski definition) is 1. The topological polar surface area (TPSA) is 26.0 Å². The van der Waals surface area contributed by atoms with E-state index in [2.05, 4.69) is 0 Å². The Hall–Kier alpha value is -0.890. The van der Waals surface area contributed by atoms with Crippen LogP contribution in [0.25, 0.3) is 0 Å². The molecule has 2 rings (SSSR count). The zero-order valence-electron chi connectivity index (χ0n) is 7.54. The Labute approximate surface area is 77.8 Å². The molecule has 1 aliphatic carbocycles. The summed E-state index contributed by atoms with van der Waals surface area (Å²) in [6.45, 7) is 0. The van der Waals surface area contributed by atoms with Crippen molar-refractivity contribution in [3.8, 4) is 0 Å². The van der Waals surface area contributed by atoms with Crippen molar-refractivity contribution in [2.75, 3.05) is 0 Å². The van der Waals surface area contributed by atoms with Crippen LogP contribution in [-0.2, 0) is 6.42 Å². The molecule has 1 nitrogen and oxygen atoms in total. The molecule has 0 aromatic heterocycles. The van der Waals surface area contributed by atoms with Gasteiger partial charge in [-0.2, -0.15) is 0 Å². The third-order valence-electron chi connectivity index (χ3n) is 2.69. The smallest absolute Gasteiger partial charge is 0.123 e. The molecule has 1 aromatic carbocycles. The maximum absolute atomic E-state index is 12.5. The normalized spacial score (nSPS) is 26.0. The fourth-order valence-corrected chi connectivity index (χ4v) is 1.61. The third kappa shape index (κ3) is 2.28. The summed E-state index contributed by atoms with van der Waals surface area (Å²) in [6.07, 6.45) is 3.34. The molecule has 13 heavy (non-hydrogen) atoms. The lowest BCUT2D eigenvalue weighted by Gasteiger charge is -1.99. The molecule has 2 heteroatoms. The molecule has 1 aromatic rings. The van der Waals surface area contributed by atoms with Gasteiger partial charge in [0, 0.05) is 6.04 Å². The molecule has 0 bridgehead atoms. The highest BCUT2D eigenvalue weighted by atomic mass is 19.1. The summed E-state index contributed by atoms with van der Waals surface area (Å²) in [5, 5.41) is 0. The number of hydrogen-bond acceptors (Lipinski definition) is 1. The minimum absolute atomic E-state index is 0.160. The highest BCUT2D eigenvalue weighted by Gasteiger charge is 2.32. The Morgan fingerprint density at radius 2 is 1.92 bits per heavy atom. The van der Waals surface area contributed by atoms with E-state index >= 15 is 0 Å². The summed E-state index contributed by atoms with van der Waals surface area (Å²) in [7, 11) is 0. The van der Waals surface area contributed by atoms with Crippen LogP contribution in [0.4, 0.5) is 4.39 Å². The summed E-state index contributed by atoms with van der Waals surface area (Å²) in [5.74, 6) is 0.553. The molecular formula is C11H14FN. The predicted molar refractivity (Wildman–Crippen MR) is 50.8 cm³/mol. The largest absolute Gasteiger partial charge is 0.327 e. The van der Waals surface area contributed by atoms with Gasteiger partial charge in [-0.05, 0) is 42.9 Å². The van der Waals surface area contributed by atoms with E-state index in [0.717, 1.165) is 12.8 Å². The van der Waals surface area contributed by atoms with Gasteiger partial charge in [-0.3, -0.25) is 0 Å². The van der Waals surface area contributed by atoms with E-state index in [-0.39, 0.29) is 5.82 Å². The van der Waals surface area contributed by atoms with Crippen molar-refractivity contribution in [2.24, 2.45) is 11.7 Å². The second kappa shape index (κ2) is 3.46. The van der Waals surface area contributed by atoms with Crippen molar-refractivity contribution < 1.29 is 4.39 Å². The SMILES string of the molecule is NC1CC1CCc1ccc(F)cc1. The fourth-order valence-electron chi connectivity index (χ4n) is 1.61. The number of benzene rings is 1. The van der Waals surface area contributed by atoms with Crippen LogP contribution in [0, 0.1) is 11.7 Å². The fraction of sp³-hybridized carbons (Fsp3) is 0.455. The Bertz CT molecular complexity index is 281. The zero-order valence-corrected chi connectivity index (χ0v) is 7.54. The molecule has 0 heterocycles. The van der Waals surface area contributed by atoms with E-state index in [1.54, 1.807) is 0 Å². The van der Waals surface area contributed by atoms with Crippen LogP contribution in [0.2, 0.25) is 0 Å². The van der Waals surface area contributed by atoms with E-state index in [1.807, 2.05) is 12.1 Å². The van der Waals surface area contributed by atoms with Gasteiger partial charge in [0.05, 0.1) is 0 Å². The first-order valence-corrected chi connectivity index (χ1v) is 4.76. The Morgan fingerprint density at radius 3 is 2.46 bits per heavy atom. The lowest BCUT2D eigenvalue weighted by molar-refractivity contribution is 0.625. The minimum Gasteiger partial charge on any atom is -0.327 e. The van der Waals surface area contributed by atoms with Gasteiger partial charge in [0.1, 0.15) is 5.82 Å². The average Bonchev–Trinajstić information content (AvgIpc) is 2.81. The van der Waals surface area contributed by atoms with Crippen molar-refractivity contribution in [2.45, 2.75) is 25.3 Å². The lowest BCUT2D eigenvalue weighted by Crippen LogP contribution is -2.02. The predicted octanol–water partition coefficient (Wildman–Crippen LogP) is 2.11. The molecule has 1 fully saturated rings. The van der Waals surface area contributed by atoms with Gasteiger partial charge in [-0.15, -0.1) is 0 Å². The van der Waals surface area contributed by atoms with Crippen molar-refractivity contribution in [1.29, 1.82) is 0 Å². The first kappa shape index (κ1) is 8.70. The van der Waals surface area contributed by atoms with Crippen molar-refractivity contribution in [3.63, 3.8) is 0 Å². The van der Waals surface area contributed by atoms with Crippen LogP contribution >= 0.6 is 0 Å². The molecule has 0 aliphatic heterocycles. The van der Waals surface area contributed by atoms with E-state index < -0.39 is 0 Å². The van der Waals surface area contributed by atoms with E-state index in [1.165, 1.54) is 24.1 Å². The lowest BCUT2D eigenvalue weighted by atomic mass is 10.1. The molecule has 0 radical (unpaired) electrons. The maximum Gasteiger partial charge on any atom is 0.123 e. The number of aryl methyl sites for hydroxylation is 1. The van der Waals surface area contributed by atoms with Gasteiger partial charge in [0.15, 0.2) is 0 Å². The van der Waals surface area contributed by atoms with Gasteiger partial charge >= 0.3 is 0 Å². The minimum atomic E-state index is -0.160. The molecular weight excluding hydrogens is 165 g/mol. The van der Waals surface area contributed by atoms with Gasteiger partial charge in [0.2, 0.25) is 0 Å². The van der Waals surface area contributed by atoms with Crippen LogP contribution in [0.3, 0.4) is 0 Å². The van der Waals surface area contributed by atoms with Gasteiger partial charge in [-0.25, -0.2) is 4.39 Å². The second-order valence-corrected chi connectivity index (χ2v) is 3.82. The van der Waals surface area contributed by atoms with Crippen LogP contribution in [0.15, 0.2) is 24.3 Å². The average molecular weight is 179 g/mol. The van der Waals surface area contributed by atoms with Crippen molar-refractivity contribution in [1.82, 2.24) is 0 Å². The quantitative estimate of drug-likeness (QED) is 0.755. The molecule has 2 N–H and O–H groups in total. The highest BCUT2D eigenvalue weighted by Crippen LogP contribution is 2.32. The number of rotatable bonds is 3. The summed E-state index contributed by atoms with van der Waals surface area (Å²) in [5.41, 5.74) is 6.90. The first-order valence-electron chi connectivity index (χ1n) is 4.76. The molecule has 1 aliphatic rings. The van der Waals surface area contributed by atoms with Crippen LogP contribution in [0.5, 0.6) is 0 Å². The Balaban J connectivity index is 1.84. The van der Waals surface area contributed by atoms with Gasteiger partial charge in [0.25, 0.3) is 0 Å². The monoisotopic (exact) mass is 179 g/mol. The summed E-state index contributed by atoms with van der Waals surface area (Å²) in [4.78, 5) is 0. The third-order valence-corrected chi connectivity index (χ3v) is 2.69. The Kier molecular flexibility index (Phi) is 2.32. The standard InChI is InChI=1S/C11H14FN/c12-10-5-2-8(3-6-10)1-4-9-7-11(9)13/h2-3,5-6,9,11H,1,4,7,13H2. The van der Waals surface area contributed by atoms with E-state index in [4.69, 9.17) is 5.73 Å². The molecule has 0 amide bonds. The molecule has 70 valence electrons. The number of nitrogens with two attached hydrogens (primary N) is 1. The van der Waals surface area contributed by atoms with Crippen LogP contribution < -0.4 is 5.73 Å². The highest BCUT2D eigenvalue weighted by molar-refractivity contribution is 5.16. The van der Waals surface area contributed by atoms with Crippen LogP contribution in [-0.4, -0.2) is 6.04 Å². The van der Waals surface area contributed by atoms with Crippen molar-refractivity contribution >= 4 is 0 Å². The molecule has 2 atom stereocenters. The molecule has 0 spiro atoms. The number of halogens is 1. The second-order valence-electron chi connectivity index (χ2n) is 3.82. The molecule has 1 saturated carbocycles. The zero-order chi connectivity index (χ0) is 9.26. The van der Waals surface area contributed by atoms with Crippen molar-refractivity contribution in [3.05, 3.63) is 35.6 Å². The maximum atomic E-state index is 12.5. The van der Waals surface area contributed by atoms with E-state index in [9.17, 15) is 4.39 Å². The van der Waals surface area contributed by atoms with Crippen LogP contribution in [0.1, 0.15) is 18.4 Å².